The number of esters is 1. The van der Waals surface area contributed by atoms with Crippen LogP contribution >= 0.6 is 0 Å². The third-order valence-corrected chi connectivity index (χ3v) is 3.58. The number of likely N-dealkylation sites (tertiary alicyclic amines) is 1. The minimum absolute atomic E-state index is 0.383. The van der Waals surface area contributed by atoms with Crippen LogP contribution in [0.15, 0.2) is 0 Å². The number of β-amino-alcohol motifs (C(OH)–C–C–N with tert-alkyl or cyclic N) is 1. The number of hydrogen-bond donors (Lipinski definition) is 1. The van der Waals surface area contributed by atoms with Crippen LogP contribution in [0.5, 0.6) is 0 Å². The molecule has 2 aliphatic heterocycles. The van der Waals surface area contributed by atoms with Crippen LogP contribution in [-0.2, 0) is 14.3 Å². The number of methoxy groups -OCH3 is 1. The molecule has 0 radical (unpaired) electrons. The Kier molecular flexibility index (Phi) is 3.47. The maximum atomic E-state index is 11.0. The molecule has 2 aliphatic rings. The summed E-state index contributed by atoms with van der Waals surface area (Å²) in [5, 5.41) is 9.50. The third-order valence-electron chi connectivity index (χ3n) is 3.58. The van der Waals surface area contributed by atoms with E-state index < -0.39 is 12.1 Å². The standard InChI is InChI=1S/C11H19NO4/c1-15-10(14)9(13)6-12-7-11(8-12)2-4-16-5-3-11/h9,13H,2-8H2,1H3. The van der Waals surface area contributed by atoms with Gasteiger partial charge in [0.15, 0.2) is 6.10 Å². The van der Waals surface area contributed by atoms with Gasteiger partial charge in [-0.1, -0.05) is 0 Å². The maximum Gasteiger partial charge on any atom is 0.336 e. The van der Waals surface area contributed by atoms with Gasteiger partial charge in [0.1, 0.15) is 0 Å². The molecular formula is C11H19NO4. The Bertz CT molecular complexity index is 255. The first-order valence-corrected chi connectivity index (χ1v) is 5.71. The van der Waals surface area contributed by atoms with Crippen LogP contribution in [0, 0.1) is 5.41 Å². The van der Waals surface area contributed by atoms with Gasteiger partial charge in [0.2, 0.25) is 0 Å². The number of ether oxygens (including phenoxy) is 2. The predicted molar refractivity (Wildman–Crippen MR) is 56.9 cm³/mol. The van der Waals surface area contributed by atoms with Crippen LogP contribution in [0.3, 0.4) is 0 Å². The van der Waals surface area contributed by atoms with Crippen molar-refractivity contribution in [2.75, 3.05) is 40.0 Å². The molecule has 16 heavy (non-hydrogen) atoms. The Hall–Kier alpha value is -0.650. The molecule has 0 aromatic rings. The fraction of sp³-hybridized carbons (Fsp3) is 0.909. The van der Waals surface area contributed by atoms with E-state index in [0.717, 1.165) is 39.1 Å². The van der Waals surface area contributed by atoms with Crippen molar-refractivity contribution >= 4 is 5.97 Å². The van der Waals surface area contributed by atoms with Gasteiger partial charge in [-0.2, -0.15) is 0 Å². The minimum atomic E-state index is -1.01. The summed E-state index contributed by atoms with van der Waals surface area (Å²) in [6.07, 6.45) is 1.18. The molecule has 5 nitrogen and oxygen atoms in total. The topological polar surface area (TPSA) is 59.0 Å². The van der Waals surface area contributed by atoms with Crippen molar-refractivity contribution in [3.63, 3.8) is 0 Å². The Morgan fingerprint density at radius 3 is 2.69 bits per heavy atom. The highest BCUT2D eigenvalue weighted by Crippen LogP contribution is 2.39. The van der Waals surface area contributed by atoms with E-state index in [-0.39, 0.29) is 0 Å². The van der Waals surface area contributed by atoms with Gasteiger partial charge in [-0.05, 0) is 12.8 Å². The quantitative estimate of drug-likeness (QED) is 0.669. The van der Waals surface area contributed by atoms with Crippen molar-refractivity contribution in [2.45, 2.75) is 18.9 Å². The minimum Gasteiger partial charge on any atom is -0.467 e. The van der Waals surface area contributed by atoms with Crippen molar-refractivity contribution in [1.29, 1.82) is 0 Å². The van der Waals surface area contributed by atoms with Crippen molar-refractivity contribution in [3.05, 3.63) is 0 Å². The fourth-order valence-corrected chi connectivity index (χ4v) is 2.61. The van der Waals surface area contributed by atoms with Crippen molar-refractivity contribution in [2.24, 2.45) is 5.41 Å². The lowest BCUT2D eigenvalue weighted by Crippen LogP contribution is -2.60. The van der Waals surface area contributed by atoms with Gasteiger partial charge in [-0.3, -0.25) is 4.90 Å². The van der Waals surface area contributed by atoms with Gasteiger partial charge in [0.05, 0.1) is 7.11 Å². The second-order valence-corrected chi connectivity index (χ2v) is 4.82. The van der Waals surface area contributed by atoms with Crippen LogP contribution in [-0.4, -0.2) is 62.0 Å². The van der Waals surface area contributed by atoms with E-state index in [1.54, 1.807) is 0 Å². The van der Waals surface area contributed by atoms with Gasteiger partial charge in [-0.15, -0.1) is 0 Å². The molecule has 0 aromatic carbocycles. The summed E-state index contributed by atoms with van der Waals surface area (Å²) >= 11 is 0. The van der Waals surface area contributed by atoms with Crippen LogP contribution in [0.1, 0.15) is 12.8 Å². The highest BCUT2D eigenvalue weighted by Gasteiger charge is 2.44. The van der Waals surface area contributed by atoms with Crippen molar-refractivity contribution < 1.29 is 19.4 Å². The zero-order valence-corrected chi connectivity index (χ0v) is 9.65. The Labute approximate surface area is 95.3 Å². The van der Waals surface area contributed by atoms with E-state index in [1.165, 1.54) is 7.11 Å². The smallest absolute Gasteiger partial charge is 0.336 e. The van der Waals surface area contributed by atoms with Crippen molar-refractivity contribution in [3.8, 4) is 0 Å². The Morgan fingerprint density at radius 1 is 1.50 bits per heavy atom. The molecular weight excluding hydrogens is 210 g/mol. The summed E-state index contributed by atoms with van der Waals surface area (Å²) in [4.78, 5) is 13.1. The molecule has 0 aromatic heterocycles. The van der Waals surface area contributed by atoms with Gasteiger partial charge in [-0.25, -0.2) is 4.79 Å². The molecule has 2 rings (SSSR count). The molecule has 1 N–H and O–H groups in total. The number of rotatable bonds is 3. The van der Waals surface area contributed by atoms with E-state index in [4.69, 9.17) is 4.74 Å². The molecule has 2 fully saturated rings. The molecule has 1 spiro atoms. The summed E-state index contributed by atoms with van der Waals surface area (Å²) in [5.74, 6) is -0.548. The highest BCUT2D eigenvalue weighted by molar-refractivity contribution is 5.74. The molecule has 92 valence electrons. The monoisotopic (exact) mass is 229 g/mol. The second kappa shape index (κ2) is 4.69. The number of aliphatic hydroxyl groups is 1. The van der Waals surface area contributed by atoms with E-state index in [2.05, 4.69) is 9.64 Å². The third kappa shape index (κ3) is 2.36. The summed E-state index contributed by atoms with van der Waals surface area (Å²) in [5.41, 5.74) is 0.383. The van der Waals surface area contributed by atoms with Crippen LogP contribution < -0.4 is 0 Å². The Balaban J connectivity index is 1.73. The molecule has 0 aliphatic carbocycles. The zero-order chi connectivity index (χ0) is 11.6. The van der Waals surface area contributed by atoms with E-state index in [0.29, 0.717) is 12.0 Å². The molecule has 0 saturated carbocycles. The highest BCUT2D eigenvalue weighted by atomic mass is 16.5. The summed E-state index contributed by atoms with van der Waals surface area (Å²) in [7, 11) is 1.29. The summed E-state index contributed by atoms with van der Waals surface area (Å²) < 4.78 is 9.81. The average Bonchev–Trinajstić information content (AvgIpc) is 2.27. The van der Waals surface area contributed by atoms with E-state index in [9.17, 15) is 9.90 Å². The summed E-state index contributed by atoms with van der Waals surface area (Å²) in [6, 6.07) is 0. The first-order valence-electron chi connectivity index (χ1n) is 5.71. The van der Waals surface area contributed by atoms with Gasteiger partial charge in [0.25, 0.3) is 0 Å². The molecule has 2 heterocycles. The number of nitrogens with zero attached hydrogens (tertiary/aromatic N) is 1. The number of hydrogen-bond acceptors (Lipinski definition) is 5. The molecule has 2 saturated heterocycles. The average molecular weight is 229 g/mol. The number of carbonyl (C=O) groups excluding carboxylic acids is 1. The van der Waals surface area contributed by atoms with Gasteiger partial charge >= 0.3 is 5.97 Å². The largest absolute Gasteiger partial charge is 0.467 e. The molecule has 0 bridgehead atoms. The second-order valence-electron chi connectivity index (χ2n) is 4.82. The SMILES string of the molecule is COC(=O)C(O)CN1CC2(CCOCC2)C1. The number of aliphatic hydroxyl groups excluding tert-OH is 1. The first-order chi connectivity index (χ1) is 7.65. The van der Waals surface area contributed by atoms with E-state index in [1.807, 2.05) is 0 Å². The lowest BCUT2D eigenvalue weighted by atomic mass is 9.73. The van der Waals surface area contributed by atoms with Gasteiger partial charge in [0, 0.05) is 38.3 Å². The normalized spacial score (nSPS) is 26.1. The first kappa shape index (κ1) is 11.8. The predicted octanol–water partition coefficient (Wildman–Crippen LogP) is -0.367. The number of carbonyl (C=O) groups is 1. The van der Waals surface area contributed by atoms with E-state index >= 15 is 0 Å². The maximum absolute atomic E-state index is 11.0. The summed E-state index contributed by atoms with van der Waals surface area (Å²) in [6.45, 7) is 3.99. The van der Waals surface area contributed by atoms with Crippen LogP contribution in [0.2, 0.25) is 0 Å². The molecule has 1 unspecified atom stereocenters. The molecule has 1 atom stereocenters. The fourth-order valence-electron chi connectivity index (χ4n) is 2.61. The van der Waals surface area contributed by atoms with Crippen LogP contribution in [0.25, 0.3) is 0 Å². The van der Waals surface area contributed by atoms with Gasteiger partial charge < -0.3 is 14.6 Å². The lowest BCUT2D eigenvalue weighted by molar-refractivity contribution is -0.155. The molecule has 0 amide bonds. The van der Waals surface area contributed by atoms with Crippen molar-refractivity contribution in [1.82, 2.24) is 4.90 Å². The zero-order valence-electron chi connectivity index (χ0n) is 9.65. The van der Waals surface area contributed by atoms with Crippen LogP contribution in [0.4, 0.5) is 0 Å². The lowest BCUT2D eigenvalue weighted by Gasteiger charge is -2.52. The Morgan fingerprint density at radius 2 is 2.12 bits per heavy atom. The molecule has 5 heteroatoms.